The van der Waals surface area contributed by atoms with Gasteiger partial charge in [-0.05, 0) is 50.3 Å². The highest BCUT2D eigenvalue weighted by atomic mass is 19.1. The summed E-state index contributed by atoms with van der Waals surface area (Å²) in [5, 5.41) is 7.65. The topological polar surface area (TPSA) is 83.0 Å². The van der Waals surface area contributed by atoms with Gasteiger partial charge in [-0.2, -0.15) is 0 Å². The van der Waals surface area contributed by atoms with Crippen LogP contribution in [0.15, 0.2) is 30.6 Å². The minimum Gasteiger partial charge on any atom is -0.443 e. The molecule has 1 aromatic heterocycles. The van der Waals surface area contributed by atoms with Crippen molar-refractivity contribution >= 4 is 6.09 Å². The monoisotopic (exact) mass is 334 g/mol. The molecule has 0 saturated carbocycles. The van der Waals surface area contributed by atoms with E-state index in [1.165, 1.54) is 0 Å². The van der Waals surface area contributed by atoms with Crippen LogP contribution in [0.3, 0.4) is 0 Å². The van der Waals surface area contributed by atoms with Crippen LogP contribution < -0.4 is 5.73 Å². The molecule has 6 nitrogen and oxygen atoms in total. The van der Waals surface area contributed by atoms with Crippen LogP contribution in [0.25, 0.3) is 0 Å². The Hall–Kier alpha value is -2.44. The average molecular weight is 334 g/mol. The molecule has 2 rings (SSSR count). The second kappa shape index (κ2) is 7.90. The molecule has 1 heterocycles. The first-order valence-electron chi connectivity index (χ1n) is 7.95. The van der Waals surface area contributed by atoms with Crippen molar-refractivity contribution in [2.75, 3.05) is 0 Å². The van der Waals surface area contributed by atoms with Crippen LogP contribution in [0.2, 0.25) is 0 Å². The Bertz CT molecular complexity index is 671. The van der Waals surface area contributed by atoms with E-state index in [9.17, 15) is 9.18 Å². The number of aromatic nitrogens is 3. The van der Waals surface area contributed by atoms with Crippen LogP contribution in [0.1, 0.15) is 37.8 Å². The summed E-state index contributed by atoms with van der Waals surface area (Å²) in [7, 11) is 0. The maximum absolute atomic E-state index is 14.3. The lowest BCUT2D eigenvalue weighted by atomic mass is 9.96. The largest absolute Gasteiger partial charge is 0.443 e. The van der Waals surface area contributed by atoms with Crippen LogP contribution in [0.5, 0.6) is 0 Å². The molecule has 0 spiro atoms. The predicted molar refractivity (Wildman–Crippen MR) is 87.8 cm³/mol. The van der Waals surface area contributed by atoms with E-state index in [0.717, 1.165) is 31.4 Å². The van der Waals surface area contributed by atoms with Gasteiger partial charge in [0.15, 0.2) is 0 Å². The molecule has 24 heavy (non-hydrogen) atoms. The first-order valence-corrected chi connectivity index (χ1v) is 7.95. The summed E-state index contributed by atoms with van der Waals surface area (Å²) < 4.78 is 21.0. The van der Waals surface area contributed by atoms with Gasteiger partial charge in [0.25, 0.3) is 0 Å². The molecule has 0 fully saturated rings. The summed E-state index contributed by atoms with van der Waals surface area (Å²) in [4.78, 5) is 10.9. The SMILES string of the molecule is CC(C)(Cc1ccc(CCCCn2ccnn2)cc1F)OC(N)=O. The van der Waals surface area contributed by atoms with Crippen LogP contribution >= 0.6 is 0 Å². The molecule has 0 bridgehead atoms. The van der Waals surface area contributed by atoms with E-state index in [0.29, 0.717) is 5.56 Å². The van der Waals surface area contributed by atoms with E-state index >= 15 is 0 Å². The molecule has 2 aromatic rings. The van der Waals surface area contributed by atoms with Gasteiger partial charge in [-0.1, -0.05) is 17.3 Å². The number of nitrogens with zero attached hydrogens (tertiary/aromatic N) is 3. The first-order chi connectivity index (χ1) is 11.4. The van der Waals surface area contributed by atoms with Gasteiger partial charge in [0.2, 0.25) is 0 Å². The predicted octanol–water partition coefficient (Wildman–Crippen LogP) is 2.86. The first kappa shape index (κ1) is 17.9. The standard InChI is InChI=1S/C17H23FN4O2/c1-17(2,24-16(19)23)12-14-7-6-13(11-15(14)18)5-3-4-9-22-10-8-20-21-22/h6-8,10-11H,3-5,9,12H2,1-2H3,(H2,19,23). The Labute approximate surface area is 140 Å². The number of hydrogen-bond donors (Lipinski definition) is 1. The van der Waals surface area contributed by atoms with Crippen LogP contribution in [-0.4, -0.2) is 26.7 Å². The Morgan fingerprint density at radius 2 is 2.17 bits per heavy atom. The lowest BCUT2D eigenvalue weighted by Gasteiger charge is -2.24. The zero-order valence-corrected chi connectivity index (χ0v) is 14.0. The molecule has 1 amide bonds. The number of nitrogens with two attached hydrogens (primary N) is 1. The van der Waals surface area contributed by atoms with Crippen molar-refractivity contribution in [3.8, 4) is 0 Å². The fraction of sp³-hybridized carbons (Fsp3) is 0.471. The highest BCUT2D eigenvalue weighted by Crippen LogP contribution is 2.21. The molecule has 0 aliphatic carbocycles. The minimum absolute atomic E-state index is 0.272. The summed E-state index contributed by atoms with van der Waals surface area (Å²) in [5.74, 6) is -0.287. The van der Waals surface area contributed by atoms with E-state index in [-0.39, 0.29) is 12.2 Å². The Kier molecular flexibility index (Phi) is 5.89. The number of carbonyl (C=O) groups is 1. The molecule has 7 heteroatoms. The number of ether oxygens (including phenoxy) is 1. The Morgan fingerprint density at radius 3 is 2.79 bits per heavy atom. The summed E-state index contributed by atoms with van der Waals surface area (Å²) >= 11 is 0. The number of halogens is 1. The van der Waals surface area contributed by atoms with Crippen molar-refractivity contribution in [1.82, 2.24) is 15.0 Å². The van der Waals surface area contributed by atoms with E-state index in [1.807, 2.05) is 12.3 Å². The summed E-state index contributed by atoms with van der Waals surface area (Å²) in [6.07, 6.45) is 5.58. The van der Waals surface area contributed by atoms with E-state index in [4.69, 9.17) is 10.5 Å². The fourth-order valence-corrected chi connectivity index (χ4v) is 2.61. The van der Waals surface area contributed by atoms with Gasteiger partial charge in [0, 0.05) is 19.2 Å². The summed E-state index contributed by atoms with van der Waals surface area (Å²) in [5.41, 5.74) is 5.65. The number of carbonyl (C=O) groups excluding carboxylic acids is 1. The fourth-order valence-electron chi connectivity index (χ4n) is 2.61. The second-order valence-corrected chi connectivity index (χ2v) is 6.41. The third-order valence-electron chi connectivity index (χ3n) is 3.69. The number of hydrogen-bond acceptors (Lipinski definition) is 4. The number of primary amides is 1. The molecule has 130 valence electrons. The molecular weight excluding hydrogens is 311 g/mol. The smallest absolute Gasteiger partial charge is 0.405 e. The highest BCUT2D eigenvalue weighted by Gasteiger charge is 2.23. The van der Waals surface area contributed by atoms with Gasteiger partial charge in [0.1, 0.15) is 11.4 Å². The molecule has 0 aliphatic heterocycles. The minimum atomic E-state index is -0.857. The third kappa shape index (κ3) is 5.64. The molecule has 0 radical (unpaired) electrons. The van der Waals surface area contributed by atoms with Crippen LogP contribution in [0, 0.1) is 5.82 Å². The van der Waals surface area contributed by atoms with E-state index < -0.39 is 11.7 Å². The zero-order chi connectivity index (χ0) is 17.6. The Morgan fingerprint density at radius 1 is 1.38 bits per heavy atom. The lowest BCUT2D eigenvalue weighted by molar-refractivity contribution is 0.0454. The van der Waals surface area contributed by atoms with Gasteiger partial charge in [-0.15, -0.1) is 5.10 Å². The second-order valence-electron chi connectivity index (χ2n) is 6.41. The van der Waals surface area contributed by atoms with Crippen molar-refractivity contribution in [3.05, 3.63) is 47.5 Å². The van der Waals surface area contributed by atoms with Crippen molar-refractivity contribution in [2.24, 2.45) is 5.73 Å². The molecule has 0 saturated heterocycles. The van der Waals surface area contributed by atoms with Gasteiger partial charge >= 0.3 is 6.09 Å². The number of amides is 1. The number of rotatable bonds is 8. The number of aryl methyl sites for hydroxylation is 2. The van der Waals surface area contributed by atoms with Gasteiger partial charge in [0.05, 0.1) is 6.20 Å². The Balaban J connectivity index is 1.86. The third-order valence-corrected chi connectivity index (χ3v) is 3.69. The molecular formula is C17H23FN4O2. The lowest BCUT2D eigenvalue weighted by Crippen LogP contribution is -2.33. The van der Waals surface area contributed by atoms with E-state index in [2.05, 4.69) is 10.3 Å². The van der Waals surface area contributed by atoms with Gasteiger partial charge < -0.3 is 10.5 Å². The summed E-state index contributed by atoms with van der Waals surface area (Å²) in [6, 6.07) is 5.20. The average Bonchev–Trinajstić information content (AvgIpc) is 2.98. The number of benzene rings is 1. The molecule has 2 N–H and O–H groups in total. The van der Waals surface area contributed by atoms with Crippen molar-refractivity contribution in [3.63, 3.8) is 0 Å². The van der Waals surface area contributed by atoms with Gasteiger partial charge in [-0.25, -0.2) is 9.18 Å². The van der Waals surface area contributed by atoms with Crippen molar-refractivity contribution in [1.29, 1.82) is 0 Å². The van der Waals surface area contributed by atoms with Crippen LogP contribution in [0.4, 0.5) is 9.18 Å². The van der Waals surface area contributed by atoms with Crippen molar-refractivity contribution in [2.45, 2.75) is 51.7 Å². The molecule has 1 aromatic carbocycles. The van der Waals surface area contributed by atoms with Crippen molar-refractivity contribution < 1.29 is 13.9 Å². The zero-order valence-electron chi connectivity index (χ0n) is 14.0. The summed E-state index contributed by atoms with van der Waals surface area (Å²) in [6.45, 7) is 4.21. The van der Waals surface area contributed by atoms with Gasteiger partial charge in [-0.3, -0.25) is 4.68 Å². The van der Waals surface area contributed by atoms with E-state index in [1.54, 1.807) is 36.9 Å². The quantitative estimate of drug-likeness (QED) is 0.753. The maximum Gasteiger partial charge on any atom is 0.405 e. The number of unbranched alkanes of at least 4 members (excludes halogenated alkanes) is 1. The maximum atomic E-state index is 14.3. The van der Waals surface area contributed by atoms with Crippen LogP contribution in [-0.2, 0) is 24.1 Å². The highest BCUT2D eigenvalue weighted by molar-refractivity contribution is 5.65. The molecule has 0 atom stereocenters. The molecule has 0 aliphatic rings. The normalized spacial score (nSPS) is 11.5. The molecule has 0 unspecified atom stereocenters.